The number of para-hydroxylation sites is 1. The van der Waals surface area contributed by atoms with Gasteiger partial charge in [-0.2, -0.15) is 0 Å². The quantitative estimate of drug-likeness (QED) is 0.300. The van der Waals surface area contributed by atoms with Crippen molar-refractivity contribution in [2.45, 2.75) is 19.8 Å². The smallest absolute Gasteiger partial charge is 0.257 e. The number of ether oxygens (including phenoxy) is 3. The molecule has 2 N–H and O–H groups in total. The van der Waals surface area contributed by atoms with Crippen LogP contribution in [0.5, 0.6) is 17.2 Å². The Morgan fingerprint density at radius 3 is 2.37 bits per heavy atom. The molecule has 3 aromatic carbocycles. The molecule has 0 radical (unpaired) electrons. The first-order valence-electron chi connectivity index (χ1n) is 11.1. The van der Waals surface area contributed by atoms with Gasteiger partial charge in [0.2, 0.25) is 5.91 Å². The number of amides is 2. The monoisotopic (exact) mass is 476 g/mol. The second kappa shape index (κ2) is 12.2. The highest BCUT2D eigenvalue weighted by Gasteiger charge is 2.14. The number of Topliss-reactive ketones (excluding diaryl/α,β-unsaturated/α-hetero) is 1. The highest BCUT2D eigenvalue weighted by molar-refractivity contribution is 6.10. The van der Waals surface area contributed by atoms with Gasteiger partial charge in [-0.15, -0.1) is 0 Å². The normalized spacial score (nSPS) is 10.3. The van der Waals surface area contributed by atoms with Crippen molar-refractivity contribution in [3.05, 3.63) is 77.9 Å². The highest BCUT2D eigenvalue weighted by atomic mass is 16.5. The van der Waals surface area contributed by atoms with Crippen LogP contribution in [0.3, 0.4) is 0 Å². The molecule has 0 spiro atoms. The molecular formula is C27H28N2O6. The number of ketones is 1. The summed E-state index contributed by atoms with van der Waals surface area (Å²) in [6.45, 7) is 1.76. The molecule has 3 rings (SSSR count). The standard InChI is InChI=1S/C27H28N2O6/c1-18(30)19-13-14-24(25(16-19)34-3)35-15-7-12-26(31)29-23-11-5-4-10-22(23)27(32)28-20-8-6-9-21(17-20)33-2/h4-6,8-11,13-14,16-17H,7,12,15H2,1-3H3,(H,28,32)(H,29,31). The van der Waals surface area contributed by atoms with Crippen molar-refractivity contribution < 1.29 is 28.6 Å². The van der Waals surface area contributed by atoms with E-state index in [4.69, 9.17) is 14.2 Å². The van der Waals surface area contributed by atoms with Gasteiger partial charge in [0.05, 0.1) is 32.1 Å². The summed E-state index contributed by atoms with van der Waals surface area (Å²) in [5.74, 6) is 0.923. The largest absolute Gasteiger partial charge is 0.497 e. The molecular weight excluding hydrogens is 448 g/mol. The Balaban J connectivity index is 1.54. The van der Waals surface area contributed by atoms with E-state index in [0.717, 1.165) is 0 Å². The number of benzene rings is 3. The SMILES string of the molecule is COc1cccc(NC(=O)c2ccccc2NC(=O)CCCOc2ccc(C(C)=O)cc2OC)c1. The maximum atomic E-state index is 12.8. The van der Waals surface area contributed by atoms with Crippen LogP contribution in [-0.4, -0.2) is 38.4 Å². The summed E-state index contributed by atoms with van der Waals surface area (Å²) in [6.07, 6.45) is 0.640. The number of methoxy groups -OCH3 is 2. The van der Waals surface area contributed by atoms with Crippen LogP contribution in [0.15, 0.2) is 66.7 Å². The summed E-state index contributed by atoms with van der Waals surface area (Å²) in [4.78, 5) is 36.8. The van der Waals surface area contributed by atoms with Crippen molar-refractivity contribution in [3.8, 4) is 17.2 Å². The third-order valence-electron chi connectivity index (χ3n) is 5.15. The lowest BCUT2D eigenvalue weighted by Gasteiger charge is -2.13. The highest BCUT2D eigenvalue weighted by Crippen LogP contribution is 2.28. The molecule has 0 aromatic heterocycles. The number of anilines is 2. The van der Waals surface area contributed by atoms with Crippen LogP contribution in [0.4, 0.5) is 11.4 Å². The molecule has 0 saturated carbocycles. The first-order chi connectivity index (χ1) is 16.9. The Kier molecular flexibility index (Phi) is 8.83. The second-order valence-corrected chi connectivity index (χ2v) is 7.65. The van der Waals surface area contributed by atoms with Crippen LogP contribution >= 0.6 is 0 Å². The molecule has 8 heteroatoms. The molecule has 0 aliphatic carbocycles. The van der Waals surface area contributed by atoms with Gasteiger partial charge < -0.3 is 24.8 Å². The van der Waals surface area contributed by atoms with E-state index >= 15 is 0 Å². The molecule has 0 bridgehead atoms. The van der Waals surface area contributed by atoms with Gasteiger partial charge >= 0.3 is 0 Å². The Labute approximate surface area is 204 Å². The lowest BCUT2D eigenvalue weighted by atomic mass is 10.1. The summed E-state index contributed by atoms with van der Waals surface area (Å²) in [7, 11) is 3.05. The summed E-state index contributed by atoms with van der Waals surface area (Å²) < 4.78 is 16.2. The van der Waals surface area contributed by atoms with Gasteiger partial charge in [0.1, 0.15) is 5.75 Å². The number of nitrogens with one attached hydrogen (secondary N) is 2. The zero-order chi connectivity index (χ0) is 25.2. The minimum atomic E-state index is -0.349. The fraction of sp³-hybridized carbons (Fsp3) is 0.222. The van der Waals surface area contributed by atoms with Crippen molar-refractivity contribution in [1.82, 2.24) is 0 Å². The lowest BCUT2D eigenvalue weighted by molar-refractivity contribution is -0.116. The topological polar surface area (TPSA) is 103 Å². The Hall–Kier alpha value is -4.33. The van der Waals surface area contributed by atoms with Crippen LogP contribution in [-0.2, 0) is 4.79 Å². The molecule has 3 aromatic rings. The van der Waals surface area contributed by atoms with E-state index in [-0.39, 0.29) is 30.6 Å². The molecule has 182 valence electrons. The first kappa shape index (κ1) is 25.3. The van der Waals surface area contributed by atoms with Gasteiger partial charge in [-0.3, -0.25) is 14.4 Å². The number of carbonyl (C=O) groups is 3. The van der Waals surface area contributed by atoms with E-state index in [2.05, 4.69) is 10.6 Å². The van der Waals surface area contributed by atoms with E-state index < -0.39 is 0 Å². The lowest BCUT2D eigenvalue weighted by Crippen LogP contribution is -2.18. The predicted octanol–water partition coefficient (Wildman–Crippen LogP) is 4.96. The van der Waals surface area contributed by atoms with E-state index in [1.165, 1.54) is 14.0 Å². The third-order valence-corrected chi connectivity index (χ3v) is 5.15. The van der Waals surface area contributed by atoms with Crippen LogP contribution in [0.25, 0.3) is 0 Å². The van der Waals surface area contributed by atoms with Gasteiger partial charge in [0.25, 0.3) is 5.91 Å². The third kappa shape index (κ3) is 7.07. The summed E-state index contributed by atoms with van der Waals surface area (Å²) >= 11 is 0. The number of carbonyl (C=O) groups excluding carboxylic acids is 3. The van der Waals surface area contributed by atoms with E-state index in [0.29, 0.717) is 46.2 Å². The maximum absolute atomic E-state index is 12.8. The molecule has 35 heavy (non-hydrogen) atoms. The van der Waals surface area contributed by atoms with E-state index in [1.54, 1.807) is 73.8 Å². The number of hydrogen-bond donors (Lipinski definition) is 2. The fourth-order valence-corrected chi connectivity index (χ4v) is 3.32. The van der Waals surface area contributed by atoms with Crippen molar-refractivity contribution in [2.24, 2.45) is 0 Å². The molecule has 0 fully saturated rings. The van der Waals surface area contributed by atoms with E-state index in [1.807, 2.05) is 0 Å². The fourth-order valence-electron chi connectivity index (χ4n) is 3.32. The van der Waals surface area contributed by atoms with Crippen molar-refractivity contribution in [1.29, 1.82) is 0 Å². The van der Waals surface area contributed by atoms with Gasteiger partial charge in [-0.25, -0.2) is 0 Å². The van der Waals surface area contributed by atoms with Gasteiger partial charge in [-0.1, -0.05) is 18.2 Å². The Bertz CT molecular complexity index is 1210. The molecule has 0 saturated heterocycles. The second-order valence-electron chi connectivity index (χ2n) is 7.65. The molecule has 8 nitrogen and oxygen atoms in total. The summed E-state index contributed by atoms with van der Waals surface area (Å²) in [5.41, 5.74) is 1.87. The molecule has 2 amide bonds. The summed E-state index contributed by atoms with van der Waals surface area (Å²) in [5, 5.41) is 5.61. The Morgan fingerprint density at radius 2 is 1.63 bits per heavy atom. The molecule has 0 atom stereocenters. The number of hydrogen-bond acceptors (Lipinski definition) is 6. The summed E-state index contributed by atoms with van der Waals surface area (Å²) in [6, 6.07) is 18.8. The molecule has 0 unspecified atom stereocenters. The van der Waals surface area contributed by atoms with Crippen LogP contribution in [0.2, 0.25) is 0 Å². The minimum absolute atomic E-state index is 0.0658. The zero-order valence-electron chi connectivity index (χ0n) is 19.9. The van der Waals surface area contributed by atoms with Crippen molar-refractivity contribution in [2.75, 3.05) is 31.5 Å². The van der Waals surface area contributed by atoms with Crippen LogP contribution in [0, 0.1) is 0 Å². The van der Waals surface area contributed by atoms with Crippen molar-refractivity contribution >= 4 is 29.0 Å². The zero-order valence-corrected chi connectivity index (χ0v) is 19.9. The Morgan fingerprint density at radius 1 is 0.829 bits per heavy atom. The van der Waals surface area contributed by atoms with Gasteiger partial charge in [0.15, 0.2) is 17.3 Å². The first-order valence-corrected chi connectivity index (χ1v) is 11.1. The molecule has 0 heterocycles. The van der Waals surface area contributed by atoms with Crippen LogP contribution < -0.4 is 24.8 Å². The average molecular weight is 477 g/mol. The minimum Gasteiger partial charge on any atom is -0.497 e. The van der Waals surface area contributed by atoms with Gasteiger partial charge in [-0.05, 0) is 55.8 Å². The van der Waals surface area contributed by atoms with Gasteiger partial charge in [0, 0.05) is 23.7 Å². The maximum Gasteiger partial charge on any atom is 0.257 e. The molecule has 0 aliphatic heterocycles. The predicted molar refractivity (Wildman–Crippen MR) is 134 cm³/mol. The average Bonchev–Trinajstić information content (AvgIpc) is 2.86. The number of rotatable bonds is 11. The molecule has 0 aliphatic rings. The van der Waals surface area contributed by atoms with Crippen molar-refractivity contribution in [3.63, 3.8) is 0 Å². The van der Waals surface area contributed by atoms with Crippen LogP contribution in [0.1, 0.15) is 40.5 Å². The van der Waals surface area contributed by atoms with E-state index in [9.17, 15) is 14.4 Å².